The molecule has 0 saturated carbocycles. The highest BCUT2D eigenvalue weighted by atomic mass is 16.5. The molecule has 5 nitrogen and oxygen atoms in total. The average Bonchev–Trinajstić information content (AvgIpc) is 2.70. The molecule has 0 rings (SSSR count). The molecule has 29 heavy (non-hydrogen) atoms. The molecule has 0 bridgehead atoms. The highest BCUT2D eigenvalue weighted by molar-refractivity contribution is 5.74. The first-order valence-electron chi connectivity index (χ1n) is 10.9. The first-order valence-corrected chi connectivity index (χ1v) is 10.9. The smallest absolute Gasteiger partial charge is 0.305 e. The summed E-state index contributed by atoms with van der Waals surface area (Å²) in [5, 5.41) is 7.22. The third kappa shape index (κ3) is 20.2. The van der Waals surface area contributed by atoms with Gasteiger partial charge in [-0.2, -0.15) is 0 Å². The first-order chi connectivity index (χ1) is 14.1. The molecule has 0 aliphatic carbocycles. The second-order valence-corrected chi connectivity index (χ2v) is 7.01. The van der Waals surface area contributed by atoms with Crippen LogP contribution in [0.1, 0.15) is 71.1 Å². The van der Waals surface area contributed by atoms with Crippen molar-refractivity contribution in [3.63, 3.8) is 0 Å². The van der Waals surface area contributed by atoms with Gasteiger partial charge in [-0.05, 0) is 44.9 Å². The normalized spacial score (nSPS) is 11.9. The highest BCUT2D eigenvalue weighted by Gasteiger charge is 2.04. The number of nitrogens with two attached hydrogens (primary N) is 1. The molecule has 0 spiro atoms. The molecular formula is C24H41N3O2. The Hall–Kier alpha value is -2.30. The fraction of sp³-hybridized carbons (Fsp3) is 0.583. The van der Waals surface area contributed by atoms with Gasteiger partial charge in [0.25, 0.3) is 0 Å². The van der Waals surface area contributed by atoms with Crippen LogP contribution in [0.3, 0.4) is 0 Å². The summed E-state index contributed by atoms with van der Waals surface area (Å²) < 4.78 is 5.11. The van der Waals surface area contributed by atoms with Crippen LogP contribution in [-0.2, 0) is 9.53 Å². The van der Waals surface area contributed by atoms with Gasteiger partial charge in [0.1, 0.15) is 6.61 Å². The van der Waals surface area contributed by atoms with Crippen molar-refractivity contribution in [2.45, 2.75) is 71.1 Å². The maximum Gasteiger partial charge on any atom is 0.305 e. The number of allylic oxidation sites excluding steroid dienone is 8. The van der Waals surface area contributed by atoms with Crippen LogP contribution in [0, 0.1) is 5.41 Å². The van der Waals surface area contributed by atoms with Crippen LogP contribution in [-0.4, -0.2) is 37.0 Å². The molecule has 5 heteroatoms. The van der Waals surface area contributed by atoms with E-state index in [0.29, 0.717) is 13.0 Å². The lowest BCUT2D eigenvalue weighted by molar-refractivity contribution is -0.143. The Morgan fingerprint density at radius 1 is 0.897 bits per heavy atom. The SMILES string of the molecule is CCCCC/C=C\C/C=C\C/C=C\C/C=C\CCCC(=O)OCCN(C)C(=N)N. The third-order valence-corrected chi connectivity index (χ3v) is 4.31. The van der Waals surface area contributed by atoms with E-state index in [1.807, 2.05) is 0 Å². The standard InChI is InChI=1S/C24H41N3O2/c1-3-4-5-6-7-8-9-10-11-12-13-14-15-16-17-18-19-20-23(28)29-22-21-27(2)24(25)26/h7-8,10-11,13-14,16-17H,3-6,9,12,15,18-22H2,1-2H3,(H3,25,26)/b8-7-,11-10-,14-13-,17-16-. The van der Waals surface area contributed by atoms with E-state index in [1.165, 1.54) is 30.6 Å². The number of guanidine groups is 1. The summed E-state index contributed by atoms with van der Waals surface area (Å²) in [6, 6.07) is 0. The Morgan fingerprint density at radius 3 is 1.93 bits per heavy atom. The monoisotopic (exact) mass is 403 g/mol. The van der Waals surface area contributed by atoms with Gasteiger partial charge in [0.05, 0.1) is 6.54 Å². The van der Waals surface area contributed by atoms with Crippen LogP contribution in [0.4, 0.5) is 0 Å². The number of ether oxygens (including phenoxy) is 1. The minimum absolute atomic E-state index is 0.0263. The number of nitrogens with zero attached hydrogens (tertiary/aromatic N) is 1. The third-order valence-electron chi connectivity index (χ3n) is 4.31. The maximum absolute atomic E-state index is 11.6. The van der Waals surface area contributed by atoms with Gasteiger partial charge < -0.3 is 15.4 Å². The molecule has 0 aromatic heterocycles. The zero-order valence-electron chi connectivity index (χ0n) is 18.4. The highest BCUT2D eigenvalue weighted by Crippen LogP contribution is 2.02. The van der Waals surface area contributed by atoms with Crippen LogP contribution in [0.2, 0.25) is 0 Å². The summed E-state index contributed by atoms with van der Waals surface area (Å²) in [6.45, 7) is 2.94. The molecule has 0 saturated heterocycles. The van der Waals surface area contributed by atoms with Gasteiger partial charge in [0, 0.05) is 13.5 Å². The molecule has 0 amide bonds. The van der Waals surface area contributed by atoms with E-state index >= 15 is 0 Å². The number of carbonyl (C=O) groups is 1. The maximum atomic E-state index is 11.6. The fourth-order valence-corrected chi connectivity index (χ4v) is 2.41. The zero-order chi connectivity index (χ0) is 21.6. The van der Waals surface area contributed by atoms with Crippen molar-refractivity contribution in [2.75, 3.05) is 20.2 Å². The summed E-state index contributed by atoms with van der Waals surface area (Å²) in [6.07, 6.45) is 27.7. The molecule has 0 atom stereocenters. The van der Waals surface area contributed by atoms with E-state index < -0.39 is 0 Å². The number of rotatable bonds is 17. The van der Waals surface area contributed by atoms with Crippen molar-refractivity contribution in [3.8, 4) is 0 Å². The molecule has 0 radical (unpaired) electrons. The predicted molar refractivity (Wildman–Crippen MR) is 124 cm³/mol. The number of esters is 1. The molecule has 0 aromatic rings. The Balaban J connectivity index is 3.53. The van der Waals surface area contributed by atoms with E-state index in [9.17, 15) is 4.79 Å². The summed E-state index contributed by atoms with van der Waals surface area (Å²) in [5.41, 5.74) is 5.31. The largest absolute Gasteiger partial charge is 0.464 e. The van der Waals surface area contributed by atoms with Gasteiger partial charge in [-0.25, -0.2) is 0 Å². The van der Waals surface area contributed by atoms with Crippen LogP contribution in [0.5, 0.6) is 0 Å². The number of hydrogen-bond donors (Lipinski definition) is 2. The van der Waals surface area contributed by atoms with Crippen LogP contribution < -0.4 is 5.73 Å². The van der Waals surface area contributed by atoms with Crippen molar-refractivity contribution in [1.82, 2.24) is 4.90 Å². The van der Waals surface area contributed by atoms with E-state index in [0.717, 1.165) is 32.1 Å². The minimum atomic E-state index is -0.196. The van der Waals surface area contributed by atoms with E-state index in [4.69, 9.17) is 15.9 Å². The first kappa shape index (κ1) is 26.7. The molecular weight excluding hydrogens is 362 g/mol. The molecule has 0 aromatic carbocycles. The molecule has 3 N–H and O–H groups in total. The lowest BCUT2D eigenvalue weighted by atomic mass is 10.2. The summed E-state index contributed by atoms with van der Waals surface area (Å²) in [4.78, 5) is 13.1. The Labute approximate surface area is 177 Å². The number of nitrogens with one attached hydrogen (secondary N) is 1. The van der Waals surface area contributed by atoms with Crippen molar-refractivity contribution >= 4 is 11.9 Å². The topological polar surface area (TPSA) is 79.4 Å². The van der Waals surface area contributed by atoms with Crippen molar-refractivity contribution < 1.29 is 9.53 Å². The van der Waals surface area contributed by atoms with E-state index in [1.54, 1.807) is 7.05 Å². The number of unbranched alkanes of at least 4 members (excludes halogenated alkanes) is 4. The second-order valence-electron chi connectivity index (χ2n) is 7.01. The molecule has 0 heterocycles. The molecule has 0 unspecified atom stereocenters. The van der Waals surface area contributed by atoms with Crippen molar-refractivity contribution in [2.24, 2.45) is 5.73 Å². The lowest BCUT2D eigenvalue weighted by Crippen LogP contribution is -2.35. The Morgan fingerprint density at radius 2 is 1.41 bits per heavy atom. The number of hydrogen-bond acceptors (Lipinski definition) is 3. The molecule has 0 fully saturated rings. The van der Waals surface area contributed by atoms with Gasteiger partial charge >= 0.3 is 5.97 Å². The Bertz CT molecular complexity index is 536. The van der Waals surface area contributed by atoms with Gasteiger partial charge in [-0.15, -0.1) is 0 Å². The van der Waals surface area contributed by atoms with Crippen molar-refractivity contribution in [3.05, 3.63) is 48.6 Å². The van der Waals surface area contributed by atoms with E-state index in [-0.39, 0.29) is 18.5 Å². The van der Waals surface area contributed by atoms with Gasteiger partial charge in [-0.3, -0.25) is 10.2 Å². The molecule has 0 aliphatic heterocycles. The van der Waals surface area contributed by atoms with E-state index in [2.05, 4.69) is 55.5 Å². The quantitative estimate of drug-likeness (QED) is 0.110. The van der Waals surface area contributed by atoms with Crippen LogP contribution in [0.25, 0.3) is 0 Å². The van der Waals surface area contributed by atoms with Gasteiger partial charge in [0.2, 0.25) is 0 Å². The second kappa shape index (κ2) is 20.4. The lowest BCUT2D eigenvalue weighted by Gasteiger charge is -2.15. The predicted octanol–water partition coefficient (Wildman–Crippen LogP) is 5.50. The minimum Gasteiger partial charge on any atom is -0.464 e. The molecule has 0 aliphatic rings. The van der Waals surface area contributed by atoms with Crippen molar-refractivity contribution in [1.29, 1.82) is 5.41 Å². The van der Waals surface area contributed by atoms with Crippen LogP contribution in [0.15, 0.2) is 48.6 Å². The van der Waals surface area contributed by atoms with Gasteiger partial charge in [0.15, 0.2) is 5.96 Å². The number of carbonyl (C=O) groups excluding carboxylic acids is 1. The number of likely N-dealkylation sites (N-methyl/N-ethyl adjacent to an activating group) is 1. The summed E-state index contributed by atoms with van der Waals surface area (Å²) in [7, 11) is 1.69. The average molecular weight is 404 g/mol. The fourth-order valence-electron chi connectivity index (χ4n) is 2.41. The summed E-state index contributed by atoms with van der Waals surface area (Å²) in [5.74, 6) is -0.223. The summed E-state index contributed by atoms with van der Waals surface area (Å²) >= 11 is 0. The zero-order valence-corrected chi connectivity index (χ0v) is 18.4. The molecule has 164 valence electrons. The van der Waals surface area contributed by atoms with Crippen LogP contribution >= 0.6 is 0 Å². The Kier molecular flexibility index (Phi) is 18.8. The van der Waals surface area contributed by atoms with Gasteiger partial charge in [-0.1, -0.05) is 68.4 Å².